The second-order valence-electron chi connectivity index (χ2n) is 7.46. The summed E-state index contributed by atoms with van der Waals surface area (Å²) in [5, 5.41) is 0.221. The Labute approximate surface area is 186 Å². The lowest BCUT2D eigenvalue weighted by molar-refractivity contribution is 0.763. The van der Waals surface area contributed by atoms with Crippen LogP contribution in [0.2, 0.25) is 5.28 Å². The first kappa shape index (κ1) is 19.4. The molecule has 4 heteroatoms. The van der Waals surface area contributed by atoms with Crippen LogP contribution in [0.4, 0.5) is 0 Å². The van der Waals surface area contributed by atoms with Crippen LogP contribution in [-0.2, 0) is 0 Å². The van der Waals surface area contributed by atoms with E-state index in [0.717, 1.165) is 17.5 Å². The zero-order valence-electron chi connectivity index (χ0n) is 16.8. The highest BCUT2D eigenvalue weighted by Gasteiger charge is 2.17. The second-order valence-corrected chi connectivity index (χ2v) is 7.79. The Morgan fingerprint density at radius 1 is 0.645 bits per heavy atom. The van der Waals surface area contributed by atoms with Gasteiger partial charge in [-0.1, -0.05) is 103 Å². The van der Waals surface area contributed by atoms with E-state index in [9.17, 15) is 0 Å². The van der Waals surface area contributed by atoms with Crippen molar-refractivity contribution in [2.75, 3.05) is 0 Å². The van der Waals surface area contributed by atoms with Gasteiger partial charge in [0.1, 0.15) is 5.82 Å². The highest BCUT2D eigenvalue weighted by atomic mass is 35.5. The van der Waals surface area contributed by atoms with Crippen LogP contribution in [0.3, 0.4) is 0 Å². The van der Waals surface area contributed by atoms with Crippen molar-refractivity contribution in [2.45, 2.75) is 12.3 Å². The van der Waals surface area contributed by atoms with Gasteiger partial charge in [-0.05, 0) is 40.3 Å². The molecule has 0 saturated heterocycles. The quantitative estimate of drug-likeness (QED) is 0.356. The maximum absolute atomic E-state index is 6.27. The van der Waals surface area contributed by atoms with Crippen LogP contribution >= 0.6 is 11.6 Å². The van der Waals surface area contributed by atoms with Crippen molar-refractivity contribution in [1.82, 2.24) is 15.0 Å². The summed E-state index contributed by atoms with van der Waals surface area (Å²) in [6, 6.07) is 28.9. The molecule has 0 saturated carbocycles. The van der Waals surface area contributed by atoms with Gasteiger partial charge in [-0.2, -0.15) is 4.98 Å². The Kier molecular flexibility index (Phi) is 5.42. The molecule has 1 aliphatic rings. The predicted molar refractivity (Wildman–Crippen MR) is 127 cm³/mol. The number of nitrogens with zero attached hydrogens (tertiary/aromatic N) is 3. The molecule has 0 radical (unpaired) electrons. The number of rotatable bonds is 4. The smallest absolute Gasteiger partial charge is 0.212 e. The average molecular weight is 422 g/mol. The van der Waals surface area contributed by atoms with Crippen LogP contribution in [0.15, 0.2) is 103 Å². The topological polar surface area (TPSA) is 38.7 Å². The summed E-state index contributed by atoms with van der Waals surface area (Å²) >= 11 is 6.27. The molecule has 3 aromatic carbocycles. The van der Waals surface area contributed by atoms with Crippen molar-refractivity contribution in [3.05, 3.63) is 120 Å². The molecule has 0 N–H and O–H groups in total. The molecule has 1 aliphatic carbocycles. The van der Waals surface area contributed by atoms with Gasteiger partial charge in [-0.25, -0.2) is 9.97 Å². The third-order valence-electron chi connectivity index (χ3n) is 5.41. The van der Waals surface area contributed by atoms with E-state index in [1.165, 1.54) is 16.7 Å². The number of aromatic nitrogens is 3. The van der Waals surface area contributed by atoms with Crippen molar-refractivity contribution in [1.29, 1.82) is 0 Å². The number of benzene rings is 3. The molecule has 0 bridgehead atoms. The van der Waals surface area contributed by atoms with E-state index in [2.05, 4.69) is 76.7 Å². The first-order chi connectivity index (χ1) is 15.3. The van der Waals surface area contributed by atoms with Crippen LogP contribution in [0, 0.1) is 0 Å². The fourth-order valence-electron chi connectivity index (χ4n) is 3.76. The number of hydrogen-bond acceptors (Lipinski definition) is 3. The Bertz CT molecular complexity index is 1250. The monoisotopic (exact) mass is 421 g/mol. The number of halogens is 1. The minimum Gasteiger partial charge on any atom is -0.212 e. The van der Waals surface area contributed by atoms with Gasteiger partial charge < -0.3 is 0 Å². The molecule has 4 aromatic rings. The Morgan fingerprint density at radius 2 is 1.26 bits per heavy atom. The highest BCUT2D eigenvalue weighted by molar-refractivity contribution is 6.28. The molecule has 0 aliphatic heterocycles. The third-order valence-corrected chi connectivity index (χ3v) is 5.58. The highest BCUT2D eigenvalue weighted by Crippen LogP contribution is 2.30. The second kappa shape index (κ2) is 8.66. The van der Waals surface area contributed by atoms with E-state index < -0.39 is 0 Å². The molecule has 0 spiro atoms. The largest absolute Gasteiger partial charge is 0.226 e. The summed E-state index contributed by atoms with van der Waals surface area (Å²) in [6.07, 6.45) is 7.34. The van der Waals surface area contributed by atoms with E-state index in [-0.39, 0.29) is 11.2 Å². The average Bonchev–Trinajstić information content (AvgIpc) is 2.85. The van der Waals surface area contributed by atoms with Gasteiger partial charge >= 0.3 is 0 Å². The van der Waals surface area contributed by atoms with Crippen molar-refractivity contribution in [2.24, 2.45) is 0 Å². The van der Waals surface area contributed by atoms with Crippen molar-refractivity contribution in [3.63, 3.8) is 0 Å². The molecule has 1 atom stereocenters. The number of allylic oxidation sites excluding steroid dienone is 4. The van der Waals surface area contributed by atoms with E-state index in [1.807, 2.05) is 36.4 Å². The lowest BCUT2D eigenvalue weighted by Gasteiger charge is -2.16. The molecule has 1 aromatic heterocycles. The summed E-state index contributed by atoms with van der Waals surface area (Å²) in [7, 11) is 0. The lowest BCUT2D eigenvalue weighted by atomic mass is 9.92. The van der Waals surface area contributed by atoms with Crippen LogP contribution < -0.4 is 0 Å². The third kappa shape index (κ3) is 4.32. The van der Waals surface area contributed by atoms with E-state index in [1.54, 1.807) is 0 Å². The van der Waals surface area contributed by atoms with Crippen LogP contribution in [-0.4, -0.2) is 15.0 Å². The molecule has 5 rings (SSSR count). The summed E-state index contributed by atoms with van der Waals surface area (Å²) < 4.78 is 0. The van der Waals surface area contributed by atoms with Crippen molar-refractivity contribution in [3.8, 4) is 22.5 Å². The van der Waals surface area contributed by atoms with Gasteiger partial charge in [0, 0.05) is 11.5 Å². The van der Waals surface area contributed by atoms with E-state index in [4.69, 9.17) is 16.6 Å². The maximum atomic E-state index is 6.27. The summed E-state index contributed by atoms with van der Waals surface area (Å²) in [5.41, 5.74) is 5.68. The molecular formula is C27H20ClN3. The molecule has 1 heterocycles. The molecule has 31 heavy (non-hydrogen) atoms. The first-order valence-electron chi connectivity index (χ1n) is 10.3. The van der Waals surface area contributed by atoms with E-state index >= 15 is 0 Å². The Balaban J connectivity index is 1.39. The minimum atomic E-state index is 0.0790. The zero-order valence-corrected chi connectivity index (χ0v) is 17.6. The van der Waals surface area contributed by atoms with Gasteiger partial charge in [0.2, 0.25) is 5.28 Å². The van der Waals surface area contributed by atoms with E-state index in [0.29, 0.717) is 11.6 Å². The Morgan fingerprint density at radius 3 is 1.90 bits per heavy atom. The van der Waals surface area contributed by atoms with Gasteiger partial charge in [-0.15, -0.1) is 0 Å². The normalized spacial score (nSPS) is 15.5. The Hall–Kier alpha value is -3.56. The van der Waals surface area contributed by atoms with Crippen molar-refractivity contribution >= 4 is 17.2 Å². The van der Waals surface area contributed by atoms with Gasteiger partial charge in [0.15, 0.2) is 5.82 Å². The van der Waals surface area contributed by atoms with Gasteiger partial charge in [-0.3, -0.25) is 0 Å². The number of hydrogen-bond donors (Lipinski definition) is 0. The molecule has 0 fully saturated rings. The van der Waals surface area contributed by atoms with Crippen LogP contribution in [0.25, 0.3) is 28.1 Å². The molecular weight excluding hydrogens is 402 g/mol. The summed E-state index contributed by atoms with van der Waals surface area (Å²) in [6.45, 7) is 0. The summed E-state index contributed by atoms with van der Waals surface area (Å²) in [5.74, 6) is 1.37. The molecule has 1 unspecified atom stereocenters. The van der Waals surface area contributed by atoms with Crippen LogP contribution in [0.1, 0.15) is 23.7 Å². The molecule has 150 valence electrons. The standard InChI is InChI=1S/C27H20ClN3/c28-27-30-25(23-15-11-21(12-16-23)19-7-3-1-4-8-19)29-26(31-27)24-17-13-22(14-18-24)20-9-5-2-6-10-20/h1-17,24H,18H2. The van der Waals surface area contributed by atoms with Gasteiger partial charge in [0.25, 0.3) is 0 Å². The minimum absolute atomic E-state index is 0.0790. The molecule has 3 nitrogen and oxygen atoms in total. The summed E-state index contributed by atoms with van der Waals surface area (Å²) in [4.78, 5) is 13.5. The fraction of sp³-hybridized carbons (Fsp3) is 0.0741. The first-order valence-corrected chi connectivity index (χ1v) is 10.7. The predicted octanol–water partition coefficient (Wildman–Crippen LogP) is 6.99. The molecule has 0 amide bonds. The van der Waals surface area contributed by atoms with Crippen LogP contribution in [0.5, 0.6) is 0 Å². The maximum Gasteiger partial charge on any atom is 0.226 e. The fourth-order valence-corrected chi connectivity index (χ4v) is 3.93. The SMILES string of the molecule is Clc1nc(-c2ccc(-c3ccccc3)cc2)nc(C2C=CC(c3ccccc3)=CC2)n1. The van der Waals surface area contributed by atoms with Gasteiger partial charge in [0.05, 0.1) is 0 Å². The zero-order chi connectivity index (χ0) is 21.0. The lowest BCUT2D eigenvalue weighted by Crippen LogP contribution is -2.07. The van der Waals surface area contributed by atoms with Crippen molar-refractivity contribution < 1.29 is 0 Å².